The van der Waals surface area contributed by atoms with Crippen molar-refractivity contribution in [2.24, 2.45) is 5.73 Å². The summed E-state index contributed by atoms with van der Waals surface area (Å²) in [6.45, 7) is 7.57. The van der Waals surface area contributed by atoms with Crippen molar-refractivity contribution in [1.29, 1.82) is 0 Å². The van der Waals surface area contributed by atoms with Crippen LogP contribution in [0.15, 0.2) is 78.9 Å². The van der Waals surface area contributed by atoms with Crippen LogP contribution in [0.3, 0.4) is 0 Å². The van der Waals surface area contributed by atoms with Gasteiger partial charge in [0.1, 0.15) is 11.5 Å². The number of nitrogens with one attached hydrogen (secondary N) is 2. The standard InChI is InChI=1S/C22H24N4O2.C3H8/c1-2-26(16-23)19-12-8-17(9-13-19)24-22(27)25-18-10-14-21(15-11-18)28-20-6-4-3-5-7-20;1-3-2/h3-15H,2,16,23H2,1H3,(H2,24,25,27);3H2,1-2H3. The fourth-order valence-electron chi connectivity index (χ4n) is 2.70. The zero-order valence-electron chi connectivity index (χ0n) is 18.5. The number of para-hydroxylation sites is 1. The summed E-state index contributed by atoms with van der Waals surface area (Å²) in [6, 6.07) is 24.0. The average Bonchev–Trinajstić information content (AvgIpc) is 2.78. The van der Waals surface area contributed by atoms with Crippen molar-refractivity contribution >= 4 is 23.1 Å². The second-order valence-corrected chi connectivity index (χ2v) is 6.81. The van der Waals surface area contributed by atoms with E-state index in [9.17, 15) is 4.79 Å². The summed E-state index contributed by atoms with van der Waals surface area (Å²) in [7, 11) is 0. The first-order chi connectivity index (χ1) is 15.1. The molecule has 0 saturated carbocycles. The number of hydrogen-bond donors (Lipinski definition) is 3. The largest absolute Gasteiger partial charge is 0.457 e. The van der Waals surface area contributed by atoms with E-state index < -0.39 is 0 Å². The maximum Gasteiger partial charge on any atom is 0.323 e. The molecule has 0 radical (unpaired) electrons. The van der Waals surface area contributed by atoms with Gasteiger partial charge >= 0.3 is 6.03 Å². The molecule has 31 heavy (non-hydrogen) atoms. The van der Waals surface area contributed by atoms with E-state index >= 15 is 0 Å². The summed E-state index contributed by atoms with van der Waals surface area (Å²) >= 11 is 0. The van der Waals surface area contributed by atoms with Crippen molar-refractivity contribution < 1.29 is 9.53 Å². The van der Waals surface area contributed by atoms with Crippen LogP contribution in [0.4, 0.5) is 21.9 Å². The van der Waals surface area contributed by atoms with Crippen molar-refractivity contribution in [3.05, 3.63) is 78.9 Å². The highest BCUT2D eigenvalue weighted by molar-refractivity contribution is 5.99. The van der Waals surface area contributed by atoms with Gasteiger partial charge in [0.05, 0.1) is 6.67 Å². The number of nitrogens with zero attached hydrogens (tertiary/aromatic N) is 1. The van der Waals surface area contributed by atoms with E-state index in [1.54, 1.807) is 12.1 Å². The molecular weight excluding hydrogens is 388 g/mol. The number of anilines is 3. The van der Waals surface area contributed by atoms with E-state index in [0.717, 1.165) is 18.0 Å². The van der Waals surface area contributed by atoms with Crippen molar-refractivity contribution in [2.45, 2.75) is 27.2 Å². The fourth-order valence-corrected chi connectivity index (χ4v) is 2.70. The lowest BCUT2D eigenvalue weighted by Gasteiger charge is -2.20. The van der Waals surface area contributed by atoms with E-state index in [4.69, 9.17) is 10.5 Å². The van der Waals surface area contributed by atoms with Gasteiger partial charge in [-0.15, -0.1) is 0 Å². The van der Waals surface area contributed by atoms with Crippen LogP contribution in [-0.4, -0.2) is 19.2 Å². The molecular formula is C25H32N4O2. The number of rotatable bonds is 7. The summed E-state index contributed by atoms with van der Waals surface area (Å²) < 4.78 is 5.74. The summed E-state index contributed by atoms with van der Waals surface area (Å²) in [4.78, 5) is 14.2. The second-order valence-electron chi connectivity index (χ2n) is 6.81. The maximum atomic E-state index is 12.2. The minimum atomic E-state index is -0.310. The second kappa shape index (κ2) is 12.9. The molecule has 0 aliphatic rings. The zero-order valence-corrected chi connectivity index (χ0v) is 18.5. The topological polar surface area (TPSA) is 79.6 Å². The highest BCUT2D eigenvalue weighted by Gasteiger charge is 2.05. The van der Waals surface area contributed by atoms with Gasteiger partial charge in [0, 0.05) is 23.6 Å². The SMILES string of the molecule is CCC.CCN(CN)c1ccc(NC(=O)Nc2ccc(Oc3ccccc3)cc2)cc1. The number of carbonyl (C=O) groups is 1. The van der Waals surface area contributed by atoms with Crippen molar-refractivity contribution in [3.63, 3.8) is 0 Å². The van der Waals surface area contributed by atoms with E-state index in [1.165, 1.54) is 6.42 Å². The van der Waals surface area contributed by atoms with Crippen molar-refractivity contribution in [1.82, 2.24) is 0 Å². The van der Waals surface area contributed by atoms with Gasteiger partial charge in [-0.05, 0) is 67.6 Å². The molecule has 4 N–H and O–H groups in total. The number of benzene rings is 3. The van der Waals surface area contributed by atoms with Gasteiger partial charge < -0.3 is 26.0 Å². The monoisotopic (exact) mass is 420 g/mol. The Morgan fingerprint density at radius 1 is 0.806 bits per heavy atom. The minimum Gasteiger partial charge on any atom is -0.457 e. The van der Waals surface area contributed by atoms with Gasteiger partial charge in [-0.25, -0.2) is 4.79 Å². The lowest BCUT2D eigenvalue weighted by molar-refractivity contribution is 0.262. The van der Waals surface area contributed by atoms with Crippen LogP contribution >= 0.6 is 0 Å². The lowest BCUT2D eigenvalue weighted by atomic mass is 10.2. The van der Waals surface area contributed by atoms with Gasteiger partial charge in [0.15, 0.2) is 0 Å². The molecule has 6 nitrogen and oxygen atoms in total. The Bertz CT molecular complexity index is 893. The van der Waals surface area contributed by atoms with Crippen molar-refractivity contribution in [3.8, 4) is 11.5 Å². The molecule has 0 heterocycles. The molecule has 0 aliphatic carbocycles. The van der Waals surface area contributed by atoms with Gasteiger partial charge in [0.2, 0.25) is 0 Å². The van der Waals surface area contributed by atoms with Crippen LogP contribution in [0.25, 0.3) is 0 Å². The van der Waals surface area contributed by atoms with Crippen LogP contribution in [0, 0.1) is 0 Å². The molecule has 0 saturated heterocycles. The molecule has 2 amide bonds. The maximum absolute atomic E-state index is 12.2. The minimum absolute atomic E-state index is 0.310. The molecule has 0 bridgehead atoms. The molecule has 0 fully saturated rings. The summed E-state index contributed by atoms with van der Waals surface area (Å²) in [5.74, 6) is 1.47. The zero-order chi connectivity index (χ0) is 22.5. The third-order valence-corrected chi connectivity index (χ3v) is 4.18. The first kappa shape index (κ1) is 23.8. The molecule has 164 valence electrons. The first-order valence-electron chi connectivity index (χ1n) is 10.6. The Morgan fingerprint density at radius 2 is 1.29 bits per heavy atom. The predicted octanol–water partition coefficient (Wildman–Crippen LogP) is 6.28. The number of ether oxygens (including phenoxy) is 1. The summed E-state index contributed by atoms with van der Waals surface area (Å²) in [6.07, 6.45) is 1.25. The predicted molar refractivity (Wildman–Crippen MR) is 130 cm³/mol. The van der Waals surface area contributed by atoms with Gasteiger partial charge in [-0.3, -0.25) is 0 Å². The smallest absolute Gasteiger partial charge is 0.323 e. The van der Waals surface area contributed by atoms with Gasteiger partial charge in [0.25, 0.3) is 0 Å². The number of carbonyl (C=O) groups excluding carboxylic acids is 1. The summed E-state index contributed by atoms with van der Waals surface area (Å²) in [5.41, 5.74) is 8.11. The molecule has 0 aromatic heterocycles. The molecule has 0 aliphatic heterocycles. The quantitative estimate of drug-likeness (QED) is 0.393. The Kier molecular flexibility index (Phi) is 9.91. The van der Waals surface area contributed by atoms with Crippen molar-refractivity contribution in [2.75, 3.05) is 28.7 Å². The van der Waals surface area contributed by atoms with Crippen LogP contribution in [0.5, 0.6) is 11.5 Å². The Morgan fingerprint density at radius 3 is 1.77 bits per heavy atom. The van der Waals surface area contributed by atoms with Crippen LogP contribution in [0.1, 0.15) is 27.2 Å². The molecule has 0 unspecified atom stereocenters. The molecule has 3 aromatic carbocycles. The number of amides is 2. The number of urea groups is 1. The van der Waals surface area contributed by atoms with Gasteiger partial charge in [-0.2, -0.15) is 0 Å². The molecule has 0 spiro atoms. The number of hydrogen-bond acceptors (Lipinski definition) is 4. The third-order valence-electron chi connectivity index (χ3n) is 4.18. The Labute approximate surface area is 185 Å². The highest BCUT2D eigenvalue weighted by Crippen LogP contribution is 2.23. The molecule has 3 aromatic rings. The third kappa shape index (κ3) is 8.03. The lowest BCUT2D eigenvalue weighted by Crippen LogP contribution is -2.29. The summed E-state index contributed by atoms with van der Waals surface area (Å²) in [5, 5.41) is 5.62. The average molecular weight is 421 g/mol. The normalized spacial score (nSPS) is 9.81. The van der Waals surface area contributed by atoms with Crippen LogP contribution < -0.4 is 26.0 Å². The van der Waals surface area contributed by atoms with Crippen LogP contribution in [0.2, 0.25) is 0 Å². The van der Waals surface area contributed by atoms with E-state index in [2.05, 4.69) is 24.5 Å². The Hall–Kier alpha value is -3.51. The Balaban J connectivity index is 0.00000107. The van der Waals surface area contributed by atoms with E-state index in [-0.39, 0.29) is 6.03 Å². The van der Waals surface area contributed by atoms with E-state index in [0.29, 0.717) is 23.8 Å². The molecule has 6 heteroatoms. The van der Waals surface area contributed by atoms with Crippen LogP contribution in [-0.2, 0) is 0 Å². The first-order valence-corrected chi connectivity index (χ1v) is 10.6. The highest BCUT2D eigenvalue weighted by atomic mass is 16.5. The van der Waals surface area contributed by atoms with Gasteiger partial charge in [-0.1, -0.05) is 38.5 Å². The molecule has 0 atom stereocenters. The number of nitrogens with two attached hydrogens (primary N) is 1. The van der Waals surface area contributed by atoms with E-state index in [1.807, 2.05) is 78.6 Å². The fraction of sp³-hybridized carbons (Fsp3) is 0.240. The molecule has 3 rings (SSSR count).